The van der Waals surface area contributed by atoms with Gasteiger partial charge in [-0.3, -0.25) is 4.79 Å². The highest BCUT2D eigenvalue weighted by molar-refractivity contribution is 9.10. The van der Waals surface area contributed by atoms with Crippen molar-refractivity contribution in [2.75, 3.05) is 11.9 Å². The number of aryl methyl sites for hydroxylation is 1. The van der Waals surface area contributed by atoms with E-state index in [0.29, 0.717) is 23.1 Å². The summed E-state index contributed by atoms with van der Waals surface area (Å²) in [6.45, 7) is 4.18. The van der Waals surface area contributed by atoms with Crippen molar-refractivity contribution in [3.63, 3.8) is 0 Å². The number of anilines is 1. The Hall–Kier alpha value is -2.50. The molecule has 3 aromatic rings. The maximum atomic E-state index is 12.2. The molecule has 0 saturated carbocycles. The first kappa shape index (κ1) is 21.2. The van der Waals surface area contributed by atoms with Crippen molar-refractivity contribution >= 4 is 39.1 Å². The lowest BCUT2D eigenvalue weighted by molar-refractivity contribution is -0.118. The third-order valence-corrected chi connectivity index (χ3v) is 5.88. The molecule has 0 bridgehead atoms. The number of carbonyl (C=O) groups is 1. The molecule has 3 rings (SSSR count). The summed E-state index contributed by atoms with van der Waals surface area (Å²) in [6.07, 6.45) is 0. The molecule has 0 aromatic heterocycles. The standard InChI is InChI=1S/C23H21BrClNO3/c1-15-12-20(22(24)16(2)23(15)25)29-14-21(27)26-18-8-10-19(11-9-18)28-13-17-6-4-3-5-7-17/h3-12H,13-14H2,1-2H3,(H,26,27). The van der Waals surface area contributed by atoms with E-state index >= 15 is 0 Å². The summed E-state index contributed by atoms with van der Waals surface area (Å²) in [7, 11) is 0. The fourth-order valence-electron chi connectivity index (χ4n) is 2.72. The number of benzene rings is 3. The average Bonchev–Trinajstić information content (AvgIpc) is 2.74. The number of ether oxygens (including phenoxy) is 2. The van der Waals surface area contributed by atoms with E-state index in [-0.39, 0.29) is 12.5 Å². The van der Waals surface area contributed by atoms with E-state index < -0.39 is 0 Å². The molecule has 1 N–H and O–H groups in total. The Balaban J connectivity index is 1.52. The molecular formula is C23H21BrClNO3. The molecule has 1 amide bonds. The van der Waals surface area contributed by atoms with Gasteiger partial charge in [0.2, 0.25) is 0 Å². The fraction of sp³-hybridized carbons (Fsp3) is 0.174. The Bertz CT molecular complexity index is 991. The fourth-order valence-corrected chi connectivity index (χ4v) is 3.41. The Kier molecular flexibility index (Phi) is 7.18. The molecule has 0 aliphatic carbocycles. The SMILES string of the molecule is Cc1cc(OCC(=O)Nc2ccc(OCc3ccccc3)cc2)c(Br)c(C)c1Cl. The van der Waals surface area contributed by atoms with Crippen LogP contribution in [0, 0.1) is 13.8 Å². The van der Waals surface area contributed by atoms with Gasteiger partial charge in [0.1, 0.15) is 18.1 Å². The van der Waals surface area contributed by atoms with Crippen LogP contribution in [-0.2, 0) is 11.4 Å². The van der Waals surface area contributed by atoms with E-state index in [0.717, 1.165) is 26.9 Å². The number of halogens is 2. The number of nitrogens with one attached hydrogen (secondary N) is 1. The largest absolute Gasteiger partial charge is 0.489 e. The van der Waals surface area contributed by atoms with E-state index in [1.165, 1.54) is 0 Å². The Labute approximate surface area is 183 Å². The minimum atomic E-state index is -0.250. The normalized spacial score (nSPS) is 10.5. The maximum absolute atomic E-state index is 12.2. The zero-order chi connectivity index (χ0) is 20.8. The number of hydrogen-bond donors (Lipinski definition) is 1. The average molecular weight is 475 g/mol. The summed E-state index contributed by atoms with van der Waals surface area (Å²) in [5.74, 6) is 1.07. The molecule has 0 unspecified atom stereocenters. The van der Waals surface area contributed by atoms with Crippen LogP contribution in [0.25, 0.3) is 0 Å². The molecule has 3 aromatic carbocycles. The van der Waals surface area contributed by atoms with Gasteiger partial charge in [-0.25, -0.2) is 0 Å². The second kappa shape index (κ2) is 9.81. The van der Waals surface area contributed by atoms with E-state index in [1.54, 1.807) is 12.1 Å². The lowest BCUT2D eigenvalue weighted by Gasteiger charge is -2.13. The van der Waals surface area contributed by atoms with Gasteiger partial charge in [0.15, 0.2) is 6.61 Å². The van der Waals surface area contributed by atoms with E-state index in [2.05, 4.69) is 21.2 Å². The Morgan fingerprint density at radius 3 is 2.41 bits per heavy atom. The van der Waals surface area contributed by atoms with Crippen molar-refractivity contribution in [2.45, 2.75) is 20.5 Å². The van der Waals surface area contributed by atoms with Crippen molar-refractivity contribution in [3.05, 3.63) is 86.8 Å². The van der Waals surface area contributed by atoms with Crippen LogP contribution in [0.3, 0.4) is 0 Å². The van der Waals surface area contributed by atoms with E-state index in [9.17, 15) is 4.79 Å². The predicted molar refractivity (Wildman–Crippen MR) is 120 cm³/mol. The van der Waals surface area contributed by atoms with Crippen LogP contribution in [0.2, 0.25) is 5.02 Å². The minimum Gasteiger partial charge on any atom is -0.489 e. The van der Waals surface area contributed by atoms with Crippen LogP contribution in [0.5, 0.6) is 11.5 Å². The number of rotatable bonds is 7. The first-order valence-corrected chi connectivity index (χ1v) is 10.3. The van der Waals surface area contributed by atoms with Crippen LogP contribution < -0.4 is 14.8 Å². The van der Waals surface area contributed by atoms with Gasteiger partial charge in [-0.05, 0) is 76.8 Å². The van der Waals surface area contributed by atoms with Crippen LogP contribution >= 0.6 is 27.5 Å². The molecule has 0 heterocycles. The molecule has 0 aliphatic rings. The monoisotopic (exact) mass is 473 g/mol. The summed E-state index contributed by atoms with van der Waals surface area (Å²) >= 11 is 9.69. The summed E-state index contributed by atoms with van der Waals surface area (Å²) in [5.41, 5.74) is 3.55. The Morgan fingerprint density at radius 1 is 1.03 bits per heavy atom. The second-order valence-electron chi connectivity index (χ2n) is 6.58. The van der Waals surface area contributed by atoms with Crippen molar-refractivity contribution in [2.24, 2.45) is 0 Å². The first-order chi connectivity index (χ1) is 13.9. The van der Waals surface area contributed by atoms with Gasteiger partial charge in [0.05, 0.1) is 4.47 Å². The third-order valence-electron chi connectivity index (χ3n) is 4.31. The smallest absolute Gasteiger partial charge is 0.262 e. The minimum absolute atomic E-state index is 0.106. The second-order valence-corrected chi connectivity index (χ2v) is 7.75. The molecule has 4 nitrogen and oxygen atoms in total. The van der Waals surface area contributed by atoms with Gasteiger partial charge in [-0.1, -0.05) is 41.9 Å². The Morgan fingerprint density at radius 2 is 1.72 bits per heavy atom. The van der Waals surface area contributed by atoms with Gasteiger partial charge in [0.25, 0.3) is 5.91 Å². The van der Waals surface area contributed by atoms with Crippen LogP contribution in [0.15, 0.2) is 65.1 Å². The van der Waals surface area contributed by atoms with Crippen LogP contribution in [-0.4, -0.2) is 12.5 Å². The van der Waals surface area contributed by atoms with Gasteiger partial charge in [0, 0.05) is 10.7 Å². The van der Waals surface area contributed by atoms with Crippen molar-refractivity contribution in [1.29, 1.82) is 0 Å². The van der Waals surface area contributed by atoms with E-state index in [1.807, 2.05) is 62.4 Å². The van der Waals surface area contributed by atoms with Crippen molar-refractivity contribution in [1.82, 2.24) is 0 Å². The number of hydrogen-bond acceptors (Lipinski definition) is 3. The highest BCUT2D eigenvalue weighted by Crippen LogP contribution is 2.35. The molecule has 0 atom stereocenters. The molecule has 0 aliphatic heterocycles. The predicted octanol–water partition coefficient (Wildman–Crippen LogP) is 6.32. The molecule has 0 saturated heterocycles. The molecule has 0 fully saturated rings. The number of carbonyl (C=O) groups excluding carboxylic acids is 1. The summed E-state index contributed by atoms with van der Waals surface area (Å²) in [6, 6.07) is 19.0. The van der Waals surface area contributed by atoms with Crippen LogP contribution in [0.1, 0.15) is 16.7 Å². The quantitative estimate of drug-likeness (QED) is 0.436. The van der Waals surface area contributed by atoms with Gasteiger partial charge in [-0.15, -0.1) is 0 Å². The van der Waals surface area contributed by atoms with Crippen molar-refractivity contribution in [3.8, 4) is 11.5 Å². The first-order valence-electron chi connectivity index (χ1n) is 9.08. The molecule has 0 radical (unpaired) electrons. The summed E-state index contributed by atoms with van der Waals surface area (Å²) in [4.78, 5) is 12.2. The highest BCUT2D eigenvalue weighted by atomic mass is 79.9. The topological polar surface area (TPSA) is 47.6 Å². The zero-order valence-electron chi connectivity index (χ0n) is 16.2. The van der Waals surface area contributed by atoms with Gasteiger partial charge >= 0.3 is 0 Å². The third kappa shape index (κ3) is 5.75. The molecule has 0 spiro atoms. The van der Waals surface area contributed by atoms with E-state index in [4.69, 9.17) is 21.1 Å². The molecule has 29 heavy (non-hydrogen) atoms. The van der Waals surface area contributed by atoms with Gasteiger partial charge < -0.3 is 14.8 Å². The lowest BCUT2D eigenvalue weighted by Crippen LogP contribution is -2.20. The molecule has 150 valence electrons. The van der Waals surface area contributed by atoms with Gasteiger partial charge in [-0.2, -0.15) is 0 Å². The maximum Gasteiger partial charge on any atom is 0.262 e. The summed E-state index contributed by atoms with van der Waals surface area (Å²) in [5, 5.41) is 3.50. The van der Waals surface area contributed by atoms with Crippen molar-refractivity contribution < 1.29 is 14.3 Å². The molecule has 6 heteroatoms. The highest BCUT2D eigenvalue weighted by Gasteiger charge is 2.12. The summed E-state index contributed by atoms with van der Waals surface area (Å²) < 4.78 is 12.2. The lowest BCUT2D eigenvalue weighted by atomic mass is 10.1. The zero-order valence-corrected chi connectivity index (χ0v) is 18.5. The number of amides is 1. The molecular weight excluding hydrogens is 454 g/mol. The van der Waals surface area contributed by atoms with Crippen LogP contribution in [0.4, 0.5) is 5.69 Å².